The first kappa shape index (κ1) is 14.2. The summed E-state index contributed by atoms with van der Waals surface area (Å²) in [5, 5.41) is 3.28. The van der Waals surface area contributed by atoms with E-state index >= 15 is 0 Å². The van der Waals surface area contributed by atoms with Crippen molar-refractivity contribution in [2.75, 3.05) is 34.5 Å². The Balaban J connectivity index is 2.05. The zero-order valence-corrected chi connectivity index (χ0v) is 11.9. The number of rotatable bonds is 8. The molecule has 0 amide bonds. The molecule has 2 rings (SSSR count). The number of hydrogen-bond acceptors (Lipinski definition) is 4. The van der Waals surface area contributed by atoms with E-state index in [9.17, 15) is 0 Å². The van der Waals surface area contributed by atoms with Crippen LogP contribution in [0.5, 0.6) is 11.5 Å². The number of likely N-dealkylation sites (N-methyl/N-ethyl adjacent to an activating group) is 1. The highest BCUT2D eigenvalue weighted by molar-refractivity contribution is 5.42. The second-order valence-electron chi connectivity index (χ2n) is 4.93. The van der Waals surface area contributed by atoms with Gasteiger partial charge in [-0.15, -0.1) is 0 Å². The van der Waals surface area contributed by atoms with Crippen molar-refractivity contribution in [1.29, 1.82) is 0 Å². The van der Waals surface area contributed by atoms with Gasteiger partial charge < -0.3 is 19.5 Å². The quantitative estimate of drug-likeness (QED) is 0.783. The smallest absolute Gasteiger partial charge is 0.123 e. The van der Waals surface area contributed by atoms with Gasteiger partial charge >= 0.3 is 0 Å². The van der Waals surface area contributed by atoms with Gasteiger partial charge in [-0.2, -0.15) is 0 Å². The lowest BCUT2D eigenvalue weighted by molar-refractivity contribution is 0.104. The monoisotopic (exact) mass is 265 g/mol. The standard InChI is InChI=1S/C15H23NO3/c1-16-14(10-19-9-11-4-5-11)13-8-12(17-2)6-7-15(13)18-3/h6-8,11,14,16H,4-5,9-10H2,1-3H3. The summed E-state index contributed by atoms with van der Waals surface area (Å²) in [6.07, 6.45) is 2.62. The van der Waals surface area contributed by atoms with Crippen molar-refractivity contribution >= 4 is 0 Å². The summed E-state index contributed by atoms with van der Waals surface area (Å²) in [6.45, 7) is 1.51. The number of benzene rings is 1. The largest absolute Gasteiger partial charge is 0.497 e. The average molecular weight is 265 g/mol. The van der Waals surface area contributed by atoms with Crippen molar-refractivity contribution in [2.45, 2.75) is 18.9 Å². The topological polar surface area (TPSA) is 39.7 Å². The summed E-state index contributed by atoms with van der Waals surface area (Å²) in [5.41, 5.74) is 1.07. The molecule has 4 heteroatoms. The Morgan fingerprint density at radius 2 is 2.05 bits per heavy atom. The van der Waals surface area contributed by atoms with Crippen LogP contribution < -0.4 is 14.8 Å². The molecule has 0 saturated heterocycles. The van der Waals surface area contributed by atoms with Crippen LogP contribution >= 0.6 is 0 Å². The fourth-order valence-corrected chi connectivity index (χ4v) is 2.08. The first-order valence-electron chi connectivity index (χ1n) is 6.75. The molecule has 1 atom stereocenters. The molecule has 0 radical (unpaired) electrons. The SMILES string of the molecule is CNC(COCC1CC1)c1cc(OC)ccc1OC. The van der Waals surface area contributed by atoms with Crippen LogP contribution in [0, 0.1) is 5.92 Å². The molecule has 1 aromatic carbocycles. The minimum atomic E-state index is 0.115. The van der Waals surface area contributed by atoms with Crippen LogP contribution in [0.2, 0.25) is 0 Å². The molecular weight excluding hydrogens is 242 g/mol. The molecule has 0 aromatic heterocycles. The summed E-state index contributed by atoms with van der Waals surface area (Å²) < 4.78 is 16.5. The molecule has 19 heavy (non-hydrogen) atoms. The predicted molar refractivity (Wildman–Crippen MR) is 74.9 cm³/mol. The highest BCUT2D eigenvalue weighted by Crippen LogP contribution is 2.31. The van der Waals surface area contributed by atoms with Gasteiger partial charge in [-0.05, 0) is 44.0 Å². The van der Waals surface area contributed by atoms with E-state index in [1.54, 1.807) is 14.2 Å². The van der Waals surface area contributed by atoms with Gasteiger partial charge in [0.25, 0.3) is 0 Å². The molecule has 106 valence electrons. The molecular formula is C15H23NO3. The van der Waals surface area contributed by atoms with Crippen LogP contribution in [-0.2, 0) is 4.74 Å². The van der Waals surface area contributed by atoms with Gasteiger partial charge in [0.15, 0.2) is 0 Å². The van der Waals surface area contributed by atoms with Crippen LogP contribution in [-0.4, -0.2) is 34.5 Å². The zero-order valence-electron chi connectivity index (χ0n) is 11.9. The minimum absolute atomic E-state index is 0.115. The van der Waals surface area contributed by atoms with E-state index in [1.807, 2.05) is 25.2 Å². The third-order valence-electron chi connectivity index (χ3n) is 3.50. The van der Waals surface area contributed by atoms with Crippen LogP contribution in [0.25, 0.3) is 0 Å². The normalized spacial score (nSPS) is 16.2. The zero-order chi connectivity index (χ0) is 13.7. The Bertz CT molecular complexity index is 404. The molecule has 1 aromatic rings. The second-order valence-corrected chi connectivity index (χ2v) is 4.93. The maximum atomic E-state index is 5.78. The van der Waals surface area contributed by atoms with Gasteiger partial charge in [-0.1, -0.05) is 0 Å². The molecule has 1 aliphatic carbocycles. The van der Waals surface area contributed by atoms with E-state index < -0.39 is 0 Å². The predicted octanol–water partition coefficient (Wildman–Crippen LogP) is 2.39. The average Bonchev–Trinajstić information content (AvgIpc) is 3.27. The van der Waals surface area contributed by atoms with E-state index in [0.29, 0.717) is 6.61 Å². The van der Waals surface area contributed by atoms with Gasteiger partial charge in [0.2, 0.25) is 0 Å². The van der Waals surface area contributed by atoms with Crippen molar-refractivity contribution in [3.8, 4) is 11.5 Å². The Labute approximate surface area is 115 Å². The van der Waals surface area contributed by atoms with Crippen LogP contribution in [0.3, 0.4) is 0 Å². The van der Waals surface area contributed by atoms with Crippen molar-refractivity contribution in [1.82, 2.24) is 5.32 Å². The highest BCUT2D eigenvalue weighted by atomic mass is 16.5. The molecule has 1 N–H and O–H groups in total. The van der Waals surface area contributed by atoms with E-state index in [1.165, 1.54) is 12.8 Å². The van der Waals surface area contributed by atoms with Crippen molar-refractivity contribution in [3.63, 3.8) is 0 Å². The van der Waals surface area contributed by atoms with Gasteiger partial charge in [0.1, 0.15) is 11.5 Å². The van der Waals surface area contributed by atoms with Crippen molar-refractivity contribution < 1.29 is 14.2 Å². The van der Waals surface area contributed by atoms with Crippen molar-refractivity contribution in [3.05, 3.63) is 23.8 Å². The van der Waals surface area contributed by atoms with E-state index in [4.69, 9.17) is 14.2 Å². The van der Waals surface area contributed by atoms with Crippen LogP contribution in [0.15, 0.2) is 18.2 Å². The summed E-state index contributed by atoms with van der Waals surface area (Å²) in [5.74, 6) is 2.47. The summed E-state index contributed by atoms with van der Waals surface area (Å²) >= 11 is 0. The fraction of sp³-hybridized carbons (Fsp3) is 0.600. The fourth-order valence-electron chi connectivity index (χ4n) is 2.08. The Morgan fingerprint density at radius 3 is 2.63 bits per heavy atom. The Kier molecular flexibility index (Phi) is 5.05. The number of ether oxygens (including phenoxy) is 3. The molecule has 0 spiro atoms. The highest BCUT2D eigenvalue weighted by Gasteiger charge is 2.22. The summed E-state index contributed by atoms with van der Waals surface area (Å²) in [4.78, 5) is 0. The second kappa shape index (κ2) is 6.78. The molecule has 0 bridgehead atoms. The van der Waals surface area contributed by atoms with Gasteiger partial charge in [0.05, 0.1) is 26.9 Å². The van der Waals surface area contributed by atoms with E-state index in [0.717, 1.165) is 29.6 Å². The Morgan fingerprint density at radius 1 is 1.26 bits per heavy atom. The maximum absolute atomic E-state index is 5.78. The van der Waals surface area contributed by atoms with Crippen LogP contribution in [0.1, 0.15) is 24.4 Å². The lowest BCUT2D eigenvalue weighted by Crippen LogP contribution is -2.23. The number of methoxy groups -OCH3 is 2. The molecule has 1 aliphatic rings. The first-order chi connectivity index (χ1) is 9.28. The van der Waals surface area contributed by atoms with Gasteiger partial charge in [0, 0.05) is 12.2 Å². The molecule has 4 nitrogen and oxygen atoms in total. The molecule has 1 unspecified atom stereocenters. The number of nitrogens with one attached hydrogen (secondary N) is 1. The van der Waals surface area contributed by atoms with E-state index in [2.05, 4.69) is 5.32 Å². The van der Waals surface area contributed by atoms with Gasteiger partial charge in [-0.25, -0.2) is 0 Å². The first-order valence-corrected chi connectivity index (χ1v) is 6.75. The Hall–Kier alpha value is -1.26. The molecule has 0 heterocycles. The summed E-state index contributed by atoms with van der Waals surface area (Å²) in [6, 6.07) is 5.95. The lowest BCUT2D eigenvalue weighted by Gasteiger charge is -2.20. The maximum Gasteiger partial charge on any atom is 0.123 e. The molecule has 1 saturated carbocycles. The van der Waals surface area contributed by atoms with E-state index in [-0.39, 0.29) is 6.04 Å². The lowest BCUT2D eigenvalue weighted by atomic mass is 10.1. The van der Waals surface area contributed by atoms with Gasteiger partial charge in [-0.3, -0.25) is 0 Å². The third kappa shape index (κ3) is 3.85. The summed E-state index contributed by atoms with van der Waals surface area (Å²) in [7, 11) is 5.29. The minimum Gasteiger partial charge on any atom is -0.497 e. The molecule has 1 fully saturated rings. The third-order valence-corrected chi connectivity index (χ3v) is 3.50. The molecule has 0 aliphatic heterocycles. The number of hydrogen-bond donors (Lipinski definition) is 1. The van der Waals surface area contributed by atoms with Crippen molar-refractivity contribution in [2.24, 2.45) is 5.92 Å². The van der Waals surface area contributed by atoms with Crippen LogP contribution in [0.4, 0.5) is 0 Å².